The van der Waals surface area contributed by atoms with Crippen LogP contribution in [0.5, 0.6) is 0 Å². The summed E-state index contributed by atoms with van der Waals surface area (Å²) in [6.07, 6.45) is 0. The zero-order valence-corrected chi connectivity index (χ0v) is 10.7. The highest BCUT2D eigenvalue weighted by molar-refractivity contribution is 6.01. The zero-order valence-electron chi connectivity index (χ0n) is 10.7. The number of nitrogens with zero attached hydrogens (tertiary/aromatic N) is 1. The highest BCUT2D eigenvalue weighted by Crippen LogP contribution is 2.10. The average Bonchev–Trinajstić information content (AvgIpc) is 2.47. The molecule has 0 unspecified atom stereocenters. The Labute approximate surface area is 114 Å². The van der Waals surface area contributed by atoms with Gasteiger partial charge in [-0.15, -0.1) is 0 Å². The third-order valence-corrected chi connectivity index (χ3v) is 2.68. The molecule has 0 bridgehead atoms. The van der Waals surface area contributed by atoms with Crippen LogP contribution in [0.25, 0.3) is 0 Å². The summed E-state index contributed by atoms with van der Waals surface area (Å²) < 4.78 is 26.6. The van der Waals surface area contributed by atoms with Crippen molar-refractivity contribution in [2.75, 3.05) is 0 Å². The van der Waals surface area contributed by atoms with Crippen LogP contribution in [0.2, 0.25) is 0 Å². The molecule has 0 spiro atoms. The maximum atomic E-state index is 13.5. The van der Waals surface area contributed by atoms with Crippen molar-refractivity contribution in [2.24, 2.45) is 5.10 Å². The minimum absolute atomic E-state index is 0.0124. The molecule has 0 heterocycles. The molecule has 0 radical (unpaired) electrons. The van der Waals surface area contributed by atoms with Gasteiger partial charge in [0.25, 0.3) is 5.91 Å². The van der Waals surface area contributed by atoms with Gasteiger partial charge in [0.2, 0.25) is 0 Å². The molecule has 2 aromatic carbocycles. The van der Waals surface area contributed by atoms with E-state index in [1.54, 1.807) is 30.3 Å². The molecule has 2 rings (SSSR count). The molecule has 3 nitrogen and oxygen atoms in total. The van der Waals surface area contributed by atoms with Gasteiger partial charge in [-0.3, -0.25) is 4.79 Å². The van der Waals surface area contributed by atoms with Crippen LogP contribution in [0.3, 0.4) is 0 Å². The Kier molecular flexibility index (Phi) is 4.20. The van der Waals surface area contributed by atoms with Gasteiger partial charge in [0, 0.05) is 11.1 Å². The third kappa shape index (κ3) is 3.26. The Hall–Kier alpha value is -2.56. The van der Waals surface area contributed by atoms with Crippen LogP contribution in [-0.4, -0.2) is 11.6 Å². The van der Waals surface area contributed by atoms with Gasteiger partial charge < -0.3 is 0 Å². The van der Waals surface area contributed by atoms with E-state index in [4.69, 9.17) is 0 Å². The highest BCUT2D eigenvalue weighted by Gasteiger charge is 2.08. The van der Waals surface area contributed by atoms with Gasteiger partial charge >= 0.3 is 0 Å². The van der Waals surface area contributed by atoms with Crippen molar-refractivity contribution in [1.29, 1.82) is 0 Å². The molecule has 0 aliphatic heterocycles. The predicted molar refractivity (Wildman–Crippen MR) is 72.5 cm³/mol. The van der Waals surface area contributed by atoms with E-state index in [0.29, 0.717) is 5.56 Å². The van der Waals surface area contributed by atoms with Gasteiger partial charge in [-0.2, -0.15) is 5.10 Å². The summed E-state index contributed by atoms with van der Waals surface area (Å²) in [5, 5.41) is 3.78. The molecule has 0 saturated carbocycles. The molecule has 0 aliphatic carbocycles. The van der Waals surface area contributed by atoms with Crippen molar-refractivity contribution >= 4 is 11.6 Å². The van der Waals surface area contributed by atoms with Gasteiger partial charge in [-0.1, -0.05) is 18.2 Å². The molecular formula is C15H12F2N2O. The largest absolute Gasteiger partial charge is 0.271 e. The fourth-order valence-electron chi connectivity index (χ4n) is 1.62. The Morgan fingerprint density at radius 3 is 2.50 bits per heavy atom. The molecule has 1 N–H and O–H groups in total. The summed E-state index contributed by atoms with van der Waals surface area (Å²) in [6, 6.07) is 11.6. The minimum atomic E-state index is -0.596. The summed E-state index contributed by atoms with van der Waals surface area (Å²) in [5.74, 6) is -1.58. The lowest BCUT2D eigenvalue weighted by Gasteiger charge is -2.04. The van der Waals surface area contributed by atoms with Crippen LogP contribution >= 0.6 is 0 Å². The number of benzene rings is 2. The number of halogens is 2. The lowest BCUT2D eigenvalue weighted by molar-refractivity contribution is 0.0955. The number of carbonyl (C=O) groups is 1. The fourth-order valence-corrected chi connectivity index (χ4v) is 1.62. The number of nitrogens with one attached hydrogen (secondary N) is 1. The van der Waals surface area contributed by atoms with E-state index in [-0.39, 0.29) is 11.3 Å². The lowest BCUT2D eigenvalue weighted by atomic mass is 10.1. The summed E-state index contributed by atoms with van der Waals surface area (Å²) in [5.41, 5.74) is 2.94. The van der Waals surface area contributed by atoms with Crippen LogP contribution in [0.1, 0.15) is 22.8 Å². The molecule has 0 fully saturated rings. The molecule has 5 heteroatoms. The first kappa shape index (κ1) is 13.9. The van der Waals surface area contributed by atoms with Gasteiger partial charge in [0.15, 0.2) is 0 Å². The van der Waals surface area contributed by atoms with Crippen molar-refractivity contribution in [3.63, 3.8) is 0 Å². The van der Waals surface area contributed by atoms with Gasteiger partial charge in [0.05, 0.1) is 5.71 Å². The molecular weight excluding hydrogens is 262 g/mol. The van der Waals surface area contributed by atoms with Crippen molar-refractivity contribution in [1.82, 2.24) is 5.43 Å². The predicted octanol–water partition coefficient (Wildman–Crippen LogP) is 3.12. The van der Waals surface area contributed by atoms with Gasteiger partial charge in [-0.25, -0.2) is 14.2 Å². The number of hydrogen-bond acceptors (Lipinski definition) is 2. The first-order valence-corrected chi connectivity index (χ1v) is 5.93. The standard InChI is InChI=1S/C15H12F2N2O/c1-10(13-9-12(16)7-8-14(13)17)18-19-15(20)11-5-3-2-4-6-11/h2-9H,1H3,(H,19,20)/b18-10-. The van der Waals surface area contributed by atoms with Crippen LogP contribution in [-0.2, 0) is 0 Å². The fraction of sp³-hybridized carbons (Fsp3) is 0.0667. The molecule has 0 atom stereocenters. The zero-order chi connectivity index (χ0) is 14.5. The van der Waals surface area contributed by atoms with Crippen molar-refractivity contribution < 1.29 is 13.6 Å². The average molecular weight is 274 g/mol. The first-order chi connectivity index (χ1) is 9.58. The monoisotopic (exact) mass is 274 g/mol. The van der Waals surface area contributed by atoms with E-state index >= 15 is 0 Å². The minimum Gasteiger partial charge on any atom is -0.267 e. The van der Waals surface area contributed by atoms with E-state index < -0.39 is 17.5 Å². The summed E-state index contributed by atoms with van der Waals surface area (Å²) in [6.45, 7) is 1.49. The van der Waals surface area contributed by atoms with E-state index in [1.807, 2.05) is 0 Å². The number of carbonyl (C=O) groups excluding carboxylic acids is 1. The molecule has 0 aliphatic rings. The number of amides is 1. The number of hydrazone groups is 1. The maximum absolute atomic E-state index is 13.5. The second kappa shape index (κ2) is 6.06. The second-order valence-electron chi connectivity index (χ2n) is 4.13. The molecule has 20 heavy (non-hydrogen) atoms. The quantitative estimate of drug-likeness (QED) is 0.678. The highest BCUT2D eigenvalue weighted by atomic mass is 19.1. The Bertz CT molecular complexity index is 654. The van der Waals surface area contributed by atoms with Gasteiger partial charge in [0.1, 0.15) is 11.6 Å². The number of hydrogen-bond donors (Lipinski definition) is 1. The summed E-state index contributed by atoms with van der Waals surface area (Å²) >= 11 is 0. The molecule has 102 valence electrons. The molecule has 2 aromatic rings. The normalized spacial score (nSPS) is 11.2. The smallest absolute Gasteiger partial charge is 0.267 e. The van der Waals surface area contributed by atoms with E-state index in [1.165, 1.54) is 6.92 Å². The second-order valence-corrected chi connectivity index (χ2v) is 4.13. The molecule has 0 aromatic heterocycles. The first-order valence-electron chi connectivity index (χ1n) is 5.93. The van der Waals surface area contributed by atoms with E-state index in [2.05, 4.69) is 10.5 Å². The Morgan fingerprint density at radius 2 is 1.80 bits per heavy atom. The molecule has 1 amide bonds. The molecule has 0 saturated heterocycles. The van der Waals surface area contributed by atoms with Gasteiger partial charge in [-0.05, 0) is 37.3 Å². The maximum Gasteiger partial charge on any atom is 0.271 e. The number of rotatable bonds is 3. The third-order valence-electron chi connectivity index (χ3n) is 2.68. The van der Waals surface area contributed by atoms with E-state index in [9.17, 15) is 13.6 Å². The van der Waals surface area contributed by atoms with Crippen LogP contribution in [0.4, 0.5) is 8.78 Å². The summed E-state index contributed by atoms with van der Waals surface area (Å²) in [7, 11) is 0. The topological polar surface area (TPSA) is 41.5 Å². The lowest BCUT2D eigenvalue weighted by Crippen LogP contribution is -2.19. The van der Waals surface area contributed by atoms with Crippen LogP contribution in [0, 0.1) is 11.6 Å². The van der Waals surface area contributed by atoms with Crippen LogP contribution < -0.4 is 5.43 Å². The Morgan fingerprint density at radius 1 is 1.10 bits per heavy atom. The van der Waals surface area contributed by atoms with Crippen molar-refractivity contribution in [2.45, 2.75) is 6.92 Å². The van der Waals surface area contributed by atoms with Crippen LogP contribution in [0.15, 0.2) is 53.6 Å². The van der Waals surface area contributed by atoms with E-state index in [0.717, 1.165) is 18.2 Å². The van der Waals surface area contributed by atoms with Crippen molar-refractivity contribution in [3.8, 4) is 0 Å². The SMILES string of the molecule is C/C(=N/NC(=O)c1ccccc1)c1cc(F)ccc1F. The summed E-state index contributed by atoms with van der Waals surface area (Å²) in [4.78, 5) is 11.7. The Balaban J connectivity index is 2.15. The van der Waals surface area contributed by atoms with Crippen molar-refractivity contribution in [3.05, 3.63) is 71.3 Å².